The van der Waals surface area contributed by atoms with Crippen molar-refractivity contribution >= 4 is 11.8 Å². The van der Waals surface area contributed by atoms with Gasteiger partial charge in [0.25, 0.3) is 5.91 Å². The predicted octanol–water partition coefficient (Wildman–Crippen LogP) is 6.52. The second-order valence-electron chi connectivity index (χ2n) is 10.5. The first kappa shape index (κ1) is 27.9. The highest BCUT2D eigenvalue weighted by atomic mass is 19.1. The van der Waals surface area contributed by atoms with Gasteiger partial charge in [-0.05, 0) is 64.6 Å². The fourth-order valence-electron chi connectivity index (χ4n) is 5.20. The summed E-state index contributed by atoms with van der Waals surface area (Å²) in [5.74, 6) is 0.213. The molecule has 1 aliphatic rings. The molecule has 7 heteroatoms. The Hall–Kier alpha value is -4.65. The highest BCUT2D eigenvalue weighted by Crippen LogP contribution is 2.47. The monoisotopic (exact) mass is 552 g/mol. The number of halogens is 1. The number of hydrogen-bond acceptors (Lipinski definition) is 4. The van der Waals surface area contributed by atoms with E-state index in [0.717, 1.165) is 27.8 Å². The van der Waals surface area contributed by atoms with E-state index in [1.54, 1.807) is 26.3 Å². The molecule has 210 valence electrons. The molecule has 6 nitrogen and oxygen atoms in total. The van der Waals surface area contributed by atoms with E-state index in [-0.39, 0.29) is 17.6 Å². The fraction of sp³-hybridized carbons (Fsp3) is 0.235. The molecular weight excluding hydrogens is 519 g/mol. The topological polar surface area (TPSA) is 76.7 Å². The van der Waals surface area contributed by atoms with Crippen molar-refractivity contribution < 1.29 is 23.5 Å². The number of fused-ring (bicyclic) bond motifs is 1. The van der Waals surface area contributed by atoms with Gasteiger partial charge in [0.1, 0.15) is 29.3 Å². The number of carbonyl (C=O) groups excluding carboxylic acids is 2. The van der Waals surface area contributed by atoms with E-state index >= 15 is 0 Å². The number of nitrogens with one attached hydrogen (secondary N) is 2. The molecular formula is C34H33FN2O4. The Kier molecular flexibility index (Phi) is 8.06. The van der Waals surface area contributed by atoms with Crippen molar-refractivity contribution in [3.8, 4) is 33.8 Å². The summed E-state index contributed by atoms with van der Waals surface area (Å²) in [5.41, 5.74) is 5.21. The lowest BCUT2D eigenvalue weighted by Crippen LogP contribution is -2.28. The normalized spacial score (nSPS) is 15.7. The van der Waals surface area contributed by atoms with E-state index in [9.17, 15) is 14.0 Å². The smallest absolute Gasteiger partial charge is 0.251 e. The average molecular weight is 553 g/mol. The molecule has 5 rings (SSSR count). The van der Waals surface area contributed by atoms with E-state index < -0.39 is 12.0 Å². The first-order valence-corrected chi connectivity index (χ1v) is 13.6. The largest absolute Gasteiger partial charge is 0.496 e. The summed E-state index contributed by atoms with van der Waals surface area (Å²) in [6.45, 7) is 4.64. The zero-order chi connectivity index (χ0) is 29.1. The third kappa shape index (κ3) is 5.66. The predicted molar refractivity (Wildman–Crippen MR) is 158 cm³/mol. The minimum absolute atomic E-state index is 0.175. The summed E-state index contributed by atoms with van der Waals surface area (Å²) in [6, 6.07) is 25.1. The standard InChI is InChI=1S/C34H33FN2O4/c1-20(2)19-37-33(38)27-17-22(11-15-25(27)26-7-5-6-8-29(26)40-4)23-12-16-30-28(18-23)31(34(39)36-3)32(41-30)21-9-13-24(35)14-10-21/h5-18,20,31-32H,19H2,1-4H3,(H,36,39)(H,37,38). The van der Waals surface area contributed by atoms with Crippen LogP contribution in [0.4, 0.5) is 4.39 Å². The van der Waals surface area contributed by atoms with Gasteiger partial charge in [-0.3, -0.25) is 9.59 Å². The van der Waals surface area contributed by atoms with Gasteiger partial charge in [0.05, 0.1) is 7.11 Å². The first-order chi connectivity index (χ1) is 19.8. The Morgan fingerprint density at radius 3 is 2.34 bits per heavy atom. The van der Waals surface area contributed by atoms with Crippen LogP contribution in [0.5, 0.6) is 11.5 Å². The molecule has 0 aromatic heterocycles. The molecule has 0 spiro atoms. The van der Waals surface area contributed by atoms with E-state index in [4.69, 9.17) is 9.47 Å². The summed E-state index contributed by atoms with van der Waals surface area (Å²) >= 11 is 0. The SMILES string of the molecule is CNC(=O)C1c2cc(-c3ccc(-c4ccccc4OC)c(C(=O)NCC(C)C)c3)ccc2OC1c1ccc(F)cc1. The molecule has 4 aromatic carbocycles. The summed E-state index contributed by atoms with van der Waals surface area (Å²) in [6.07, 6.45) is -0.592. The molecule has 2 unspecified atom stereocenters. The van der Waals surface area contributed by atoms with Gasteiger partial charge in [0, 0.05) is 30.3 Å². The molecule has 0 fully saturated rings. The van der Waals surface area contributed by atoms with Crippen LogP contribution in [0.15, 0.2) is 84.9 Å². The molecule has 41 heavy (non-hydrogen) atoms. The van der Waals surface area contributed by atoms with Crippen molar-refractivity contribution in [2.24, 2.45) is 5.92 Å². The van der Waals surface area contributed by atoms with Gasteiger partial charge in [0.15, 0.2) is 0 Å². The third-order valence-electron chi connectivity index (χ3n) is 7.29. The van der Waals surface area contributed by atoms with E-state index in [1.807, 2.05) is 74.5 Å². The van der Waals surface area contributed by atoms with E-state index in [2.05, 4.69) is 10.6 Å². The van der Waals surface area contributed by atoms with Crippen LogP contribution in [0.1, 0.15) is 47.4 Å². The molecule has 4 aromatic rings. The highest BCUT2D eigenvalue weighted by molar-refractivity contribution is 6.03. The zero-order valence-electron chi connectivity index (χ0n) is 23.5. The number of benzene rings is 4. The molecule has 0 radical (unpaired) electrons. The number of ether oxygens (including phenoxy) is 2. The van der Waals surface area contributed by atoms with Gasteiger partial charge in [0.2, 0.25) is 5.91 Å². The maximum Gasteiger partial charge on any atom is 0.251 e. The van der Waals surface area contributed by atoms with Crippen molar-refractivity contribution in [1.82, 2.24) is 10.6 Å². The highest BCUT2D eigenvalue weighted by Gasteiger charge is 2.40. The average Bonchev–Trinajstić information content (AvgIpc) is 3.38. The summed E-state index contributed by atoms with van der Waals surface area (Å²) < 4.78 is 25.4. The van der Waals surface area contributed by atoms with Crippen LogP contribution < -0.4 is 20.1 Å². The maximum atomic E-state index is 13.6. The summed E-state index contributed by atoms with van der Waals surface area (Å²) in [4.78, 5) is 26.5. The van der Waals surface area contributed by atoms with Crippen LogP contribution in [0, 0.1) is 11.7 Å². The molecule has 0 saturated heterocycles. The molecule has 1 aliphatic heterocycles. The van der Waals surface area contributed by atoms with Crippen molar-refractivity contribution in [3.63, 3.8) is 0 Å². The Morgan fingerprint density at radius 1 is 0.927 bits per heavy atom. The van der Waals surface area contributed by atoms with Gasteiger partial charge in [-0.25, -0.2) is 4.39 Å². The minimum atomic E-state index is -0.623. The Morgan fingerprint density at radius 2 is 1.63 bits per heavy atom. The van der Waals surface area contributed by atoms with Crippen LogP contribution in [-0.2, 0) is 4.79 Å². The van der Waals surface area contributed by atoms with Gasteiger partial charge in [-0.1, -0.05) is 62.4 Å². The lowest BCUT2D eigenvalue weighted by Gasteiger charge is -2.18. The molecule has 0 saturated carbocycles. The Bertz CT molecular complexity index is 1580. The minimum Gasteiger partial charge on any atom is -0.496 e. The Balaban J connectivity index is 1.58. The maximum absolute atomic E-state index is 13.6. The van der Waals surface area contributed by atoms with Crippen molar-refractivity contribution in [2.75, 3.05) is 20.7 Å². The number of para-hydroxylation sites is 1. The van der Waals surface area contributed by atoms with Gasteiger partial charge in [-0.2, -0.15) is 0 Å². The second kappa shape index (κ2) is 11.8. The van der Waals surface area contributed by atoms with Crippen LogP contribution >= 0.6 is 0 Å². The van der Waals surface area contributed by atoms with Crippen LogP contribution in [0.25, 0.3) is 22.3 Å². The fourth-order valence-corrected chi connectivity index (χ4v) is 5.20. The molecule has 2 amide bonds. The number of likely N-dealkylation sites (N-methyl/N-ethyl adjacent to an activating group) is 1. The van der Waals surface area contributed by atoms with Crippen LogP contribution in [0.3, 0.4) is 0 Å². The van der Waals surface area contributed by atoms with Crippen molar-refractivity contribution in [2.45, 2.75) is 25.9 Å². The van der Waals surface area contributed by atoms with Gasteiger partial charge >= 0.3 is 0 Å². The van der Waals surface area contributed by atoms with E-state index in [1.165, 1.54) is 12.1 Å². The molecule has 2 atom stereocenters. The number of amides is 2. The lowest BCUT2D eigenvalue weighted by molar-refractivity contribution is -0.123. The lowest BCUT2D eigenvalue weighted by atomic mass is 9.88. The van der Waals surface area contributed by atoms with Crippen molar-refractivity contribution in [3.05, 3.63) is 107 Å². The summed E-state index contributed by atoms with van der Waals surface area (Å²) in [5, 5.41) is 5.79. The summed E-state index contributed by atoms with van der Waals surface area (Å²) in [7, 11) is 3.20. The number of methoxy groups -OCH3 is 1. The third-order valence-corrected chi connectivity index (χ3v) is 7.29. The number of hydrogen-bond donors (Lipinski definition) is 2. The quantitative estimate of drug-likeness (QED) is 0.261. The Labute approximate surface area is 239 Å². The van der Waals surface area contributed by atoms with E-state index in [0.29, 0.717) is 35.1 Å². The van der Waals surface area contributed by atoms with Gasteiger partial charge in [-0.15, -0.1) is 0 Å². The second-order valence-corrected chi connectivity index (χ2v) is 10.5. The molecule has 0 bridgehead atoms. The molecule has 0 aliphatic carbocycles. The molecule has 1 heterocycles. The van der Waals surface area contributed by atoms with Crippen LogP contribution in [-0.4, -0.2) is 32.5 Å². The molecule has 2 N–H and O–H groups in total. The number of carbonyl (C=O) groups is 2. The zero-order valence-corrected chi connectivity index (χ0v) is 23.5. The van der Waals surface area contributed by atoms with Crippen LogP contribution in [0.2, 0.25) is 0 Å². The van der Waals surface area contributed by atoms with Crippen molar-refractivity contribution in [1.29, 1.82) is 0 Å². The van der Waals surface area contributed by atoms with Gasteiger partial charge < -0.3 is 20.1 Å². The first-order valence-electron chi connectivity index (χ1n) is 13.6. The number of rotatable bonds is 8.